The van der Waals surface area contributed by atoms with Crippen LogP contribution in [0.25, 0.3) is 0 Å². The molecule has 3 rings (SSSR count). The van der Waals surface area contributed by atoms with Crippen molar-refractivity contribution in [2.45, 2.75) is 25.6 Å². The van der Waals surface area contributed by atoms with Gasteiger partial charge in [0, 0.05) is 49.0 Å². The van der Waals surface area contributed by atoms with Crippen molar-refractivity contribution >= 4 is 23.2 Å². The quantitative estimate of drug-likeness (QED) is 0.542. The van der Waals surface area contributed by atoms with E-state index >= 15 is 0 Å². The molecule has 1 unspecified atom stereocenters. The minimum absolute atomic E-state index is 0.274. The van der Waals surface area contributed by atoms with Crippen molar-refractivity contribution in [1.82, 2.24) is 10.6 Å². The smallest absolute Gasteiger partial charge is 0.191 e. The summed E-state index contributed by atoms with van der Waals surface area (Å²) in [5.74, 6) is 0.304. The fourth-order valence-corrected chi connectivity index (χ4v) is 3.40. The Balaban J connectivity index is 1.54. The average molecular weight is 391 g/mol. The topological polar surface area (TPSA) is 59.9 Å². The molecule has 7 heteroatoms. The van der Waals surface area contributed by atoms with E-state index in [0.29, 0.717) is 18.1 Å². The number of aliphatic hydroxyl groups excluding tert-OH is 1. The van der Waals surface area contributed by atoms with Crippen LogP contribution < -0.4 is 15.5 Å². The molecule has 1 aliphatic rings. The number of anilines is 1. The molecular weight excluding hydrogens is 367 g/mol. The Morgan fingerprint density at radius 1 is 1.33 bits per heavy atom. The van der Waals surface area contributed by atoms with Gasteiger partial charge >= 0.3 is 0 Å². The highest BCUT2D eigenvalue weighted by Crippen LogP contribution is 2.23. The fourth-order valence-electron chi connectivity index (χ4n) is 3.22. The number of nitrogens with zero attached hydrogens (tertiary/aromatic N) is 2. The van der Waals surface area contributed by atoms with E-state index in [4.69, 9.17) is 11.6 Å². The Labute approximate surface area is 163 Å². The Kier molecular flexibility index (Phi) is 6.53. The lowest BCUT2D eigenvalue weighted by Gasteiger charge is -2.20. The molecule has 144 valence electrons. The van der Waals surface area contributed by atoms with Gasteiger partial charge in [0.1, 0.15) is 5.82 Å². The zero-order valence-corrected chi connectivity index (χ0v) is 16.0. The highest BCUT2D eigenvalue weighted by Gasteiger charge is 2.23. The maximum absolute atomic E-state index is 13.5. The fraction of sp³-hybridized carbons (Fsp3) is 0.350. The summed E-state index contributed by atoms with van der Waals surface area (Å²) >= 11 is 6.09. The number of guanidine groups is 1. The van der Waals surface area contributed by atoms with Crippen LogP contribution in [0, 0.1) is 5.82 Å². The van der Waals surface area contributed by atoms with Crippen LogP contribution in [0.2, 0.25) is 5.02 Å². The van der Waals surface area contributed by atoms with E-state index in [9.17, 15) is 9.50 Å². The normalized spacial score (nSPS) is 17.3. The second kappa shape index (κ2) is 9.06. The van der Waals surface area contributed by atoms with E-state index in [1.54, 1.807) is 19.2 Å². The van der Waals surface area contributed by atoms with Crippen LogP contribution in [-0.2, 0) is 13.2 Å². The highest BCUT2D eigenvalue weighted by atomic mass is 35.5. The molecular formula is C20H24ClFN4O. The summed E-state index contributed by atoms with van der Waals surface area (Å²) in [6.07, 6.45) is 0.998. The van der Waals surface area contributed by atoms with Gasteiger partial charge in [-0.05, 0) is 42.3 Å². The van der Waals surface area contributed by atoms with Gasteiger partial charge in [-0.3, -0.25) is 4.99 Å². The number of hydrogen-bond donors (Lipinski definition) is 3. The molecule has 1 saturated heterocycles. The van der Waals surface area contributed by atoms with Crippen LogP contribution in [0.4, 0.5) is 10.1 Å². The van der Waals surface area contributed by atoms with E-state index < -0.39 is 5.82 Å². The lowest BCUT2D eigenvalue weighted by Crippen LogP contribution is -2.44. The standard InChI is InChI=1S/C20H24ClFN4O/c1-23-20(24-11-14-5-6-19(22)15(9-14)13-27)25-17-7-8-26(12-17)18-4-2-3-16(21)10-18/h2-6,9-10,17,27H,7-8,11-13H2,1H3,(H2,23,24,25). The van der Waals surface area contributed by atoms with Gasteiger partial charge in [0.15, 0.2) is 5.96 Å². The Morgan fingerprint density at radius 2 is 2.19 bits per heavy atom. The van der Waals surface area contributed by atoms with Gasteiger partial charge in [-0.25, -0.2) is 4.39 Å². The second-order valence-corrected chi connectivity index (χ2v) is 7.00. The molecule has 0 bridgehead atoms. The molecule has 0 aromatic heterocycles. The first-order valence-electron chi connectivity index (χ1n) is 8.95. The molecule has 0 amide bonds. The minimum Gasteiger partial charge on any atom is -0.392 e. The molecule has 1 heterocycles. The van der Waals surface area contributed by atoms with Crippen molar-refractivity contribution in [2.24, 2.45) is 4.99 Å². The monoisotopic (exact) mass is 390 g/mol. The Bertz CT molecular complexity index is 814. The van der Waals surface area contributed by atoms with Gasteiger partial charge in [0.25, 0.3) is 0 Å². The predicted octanol–water partition coefficient (Wildman–Crippen LogP) is 2.92. The molecule has 0 aliphatic carbocycles. The summed E-state index contributed by atoms with van der Waals surface area (Å²) in [5, 5.41) is 16.6. The largest absolute Gasteiger partial charge is 0.392 e. The van der Waals surface area contributed by atoms with Gasteiger partial charge in [0.05, 0.1) is 6.61 Å². The maximum atomic E-state index is 13.5. The molecule has 1 atom stereocenters. The molecule has 2 aromatic rings. The first kappa shape index (κ1) is 19.5. The molecule has 0 saturated carbocycles. The number of hydrogen-bond acceptors (Lipinski definition) is 3. The van der Waals surface area contributed by atoms with Gasteiger partial charge < -0.3 is 20.6 Å². The molecule has 3 N–H and O–H groups in total. The minimum atomic E-state index is -0.393. The Morgan fingerprint density at radius 3 is 2.93 bits per heavy atom. The van der Waals surface area contributed by atoms with E-state index in [2.05, 4.69) is 26.6 Å². The molecule has 5 nitrogen and oxygen atoms in total. The van der Waals surface area contributed by atoms with Crippen LogP contribution >= 0.6 is 11.6 Å². The SMILES string of the molecule is CN=C(NCc1ccc(F)c(CO)c1)NC1CCN(c2cccc(Cl)c2)C1. The first-order chi connectivity index (χ1) is 13.1. The lowest BCUT2D eigenvalue weighted by molar-refractivity contribution is 0.275. The van der Waals surface area contributed by atoms with Crippen molar-refractivity contribution in [3.63, 3.8) is 0 Å². The van der Waals surface area contributed by atoms with Crippen LogP contribution in [0.5, 0.6) is 0 Å². The average Bonchev–Trinajstić information content (AvgIpc) is 3.14. The number of rotatable bonds is 5. The third-order valence-corrected chi connectivity index (χ3v) is 4.90. The van der Waals surface area contributed by atoms with Crippen molar-refractivity contribution < 1.29 is 9.50 Å². The molecule has 0 spiro atoms. The van der Waals surface area contributed by atoms with E-state index in [1.165, 1.54) is 6.07 Å². The third-order valence-electron chi connectivity index (χ3n) is 4.67. The maximum Gasteiger partial charge on any atom is 0.191 e. The van der Waals surface area contributed by atoms with E-state index in [-0.39, 0.29) is 12.6 Å². The number of nitrogens with one attached hydrogen (secondary N) is 2. The van der Waals surface area contributed by atoms with E-state index in [1.807, 2.05) is 18.2 Å². The summed E-state index contributed by atoms with van der Waals surface area (Å²) in [6.45, 7) is 2.00. The van der Waals surface area contributed by atoms with Crippen molar-refractivity contribution in [3.05, 3.63) is 64.4 Å². The summed E-state index contributed by atoms with van der Waals surface area (Å²) < 4.78 is 13.5. The molecule has 1 fully saturated rings. The van der Waals surface area contributed by atoms with Crippen LogP contribution in [0.15, 0.2) is 47.5 Å². The molecule has 0 radical (unpaired) electrons. The van der Waals surface area contributed by atoms with Crippen LogP contribution in [0.3, 0.4) is 0 Å². The second-order valence-electron chi connectivity index (χ2n) is 6.57. The summed E-state index contributed by atoms with van der Waals surface area (Å²) in [4.78, 5) is 6.57. The van der Waals surface area contributed by atoms with Crippen molar-refractivity contribution in [2.75, 3.05) is 25.0 Å². The summed E-state index contributed by atoms with van der Waals surface area (Å²) in [5.41, 5.74) is 2.30. The highest BCUT2D eigenvalue weighted by molar-refractivity contribution is 6.30. The lowest BCUT2D eigenvalue weighted by atomic mass is 10.1. The zero-order valence-electron chi connectivity index (χ0n) is 15.3. The molecule has 2 aromatic carbocycles. The first-order valence-corrected chi connectivity index (χ1v) is 9.32. The zero-order chi connectivity index (χ0) is 19.2. The van der Waals surface area contributed by atoms with Crippen LogP contribution in [-0.4, -0.2) is 37.2 Å². The number of aliphatic imine (C=N–C) groups is 1. The Hall–Kier alpha value is -2.31. The predicted molar refractivity (Wildman–Crippen MR) is 108 cm³/mol. The van der Waals surface area contributed by atoms with Gasteiger partial charge in [-0.15, -0.1) is 0 Å². The number of benzene rings is 2. The number of halogens is 2. The van der Waals surface area contributed by atoms with Crippen LogP contribution in [0.1, 0.15) is 17.5 Å². The third kappa shape index (κ3) is 5.11. The molecule has 1 aliphatic heterocycles. The summed E-state index contributed by atoms with van der Waals surface area (Å²) in [7, 11) is 1.73. The van der Waals surface area contributed by atoms with E-state index in [0.717, 1.165) is 35.8 Å². The summed E-state index contributed by atoms with van der Waals surface area (Å²) in [6, 6.07) is 12.9. The van der Waals surface area contributed by atoms with Crippen molar-refractivity contribution in [1.29, 1.82) is 0 Å². The van der Waals surface area contributed by atoms with Crippen molar-refractivity contribution in [3.8, 4) is 0 Å². The molecule has 27 heavy (non-hydrogen) atoms. The number of aliphatic hydroxyl groups is 1. The van der Waals surface area contributed by atoms with Gasteiger partial charge in [-0.1, -0.05) is 23.7 Å². The van der Waals surface area contributed by atoms with Gasteiger partial charge in [-0.2, -0.15) is 0 Å². The van der Waals surface area contributed by atoms with Gasteiger partial charge in [0.2, 0.25) is 0 Å².